The van der Waals surface area contributed by atoms with Crippen molar-refractivity contribution in [2.45, 2.75) is 13.8 Å². The maximum atomic E-state index is 14.5. The summed E-state index contributed by atoms with van der Waals surface area (Å²) in [5, 5.41) is 17.0. The number of nitriles is 1. The molecular formula is C23H13F4N3S3. The first-order valence-corrected chi connectivity index (χ1v) is 11.8. The first kappa shape index (κ1) is 23.3. The van der Waals surface area contributed by atoms with Crippen molar-refractivity contribution in [2.75, 3.05) is 0 Å². The van der Waals surface area contributed by atoms with Crippen molar-refractivity contribution >= 4 is 50.9 Å². The van der Waals surface area contributed by atoms with Gasteiger partial charge in [-0.3, -0.25) is 4.98 Å². The van der Waals surface area contributed by atoms with Gasteiger partial charge in [-0.2, -0.15) is 5.26 Å². The second-order valence-electron chi connectivity index (χ2n) is 6.88. The maximum absolute atomic E-state index is 14.5. The van der Waals surface area contributed by atoms with Gasteiger partial charge in [-0.05, 0) is 47.9 Å². The molecule has 0 aliphatic carbocycles. The smallest absolute Gasteiger partial charge is 0.171 e. The fourth-order valence-electron chi connectivity index (χ4n) is 3.07. The van der Waals surface area contributed by atoms with E-state index in [1.54, 1.807) is 47.0 Å². The van der Waals surface area contributed by atoms with E-state index in [2.05, 4.69) is 18.8 Å². The van der Waals surface area contributed by atoms with Gasteiger partial charge in [0, 0.05) is 26.7 Å². The highest BCUT2D eigenvalue weighted by Crippen LogP contribution is 2.49. The SMILES string of the molecule is CC1=C(C)SC(=c2cc/c(=c3/cc/c(=C(\C#N)c4c(F)c(F)c(C=N)c(F)c4F)nc3)s2)S1. The van der Waals surface area contributed by atoms with Gasteiger partial charge in [0.2, 0.25) is 0 Å². The Balaban J connectivity index is 1.89. The minimum Gasteiger partial charge on any atom is -0.308 e. The largest absolute Gasteiger partial charge is 0.308 e. The third kappa shape index (κ3) is 4.12. The van der Waals surface area contributed by atoms with Crippen LogP contribution in [0.1, 0.15) is 25.0 Å². The van der Waals surface area contributed by atoms with Crippen molar-refractivity contribution in [2.24, 2.45) is 0 Å². The standard InChI is InChI=1S/C23H13F4N3S3/c1-10-11(2)32-23(31-10)17-6-5-16(33-17)12-3-4-15(30-9-12)13(7-28)18-21(26)19(24)14(8-29)20(25)22(18)27/h3-6,8-9,29H,1-2H3/b15-13-,16-12+,29-8?. The molecule has 2 aromatic heterocycles. The van der Waals surface area contributed by atoms with E-state index in [1.165, 1.54) is 26.3 Å². The number of nitrogens with one attached hydrogen (secondary N) is 1. The Morgan fingerprint density at radius 1 is 0.939 bits per heavy atom. The van der Waals surface area contributed by atoms with Crippen LogP contribution in [0.5, 0.6) is 0 Å². The molecule has 166 valence electrons. The first-order chi connectivity index (χ1) is 15.8. The van der Waals surface area contributed by atoms with Gasteiger partial charge < -0.3 is 5.41 Å². The van der Waals surface area contributed by atoms with Crippen LogP contribution in [-0.2, 0) is 0 Å². The molecule has 0 saturated carbocycles. The molecule has 0 saturated heterocycles. The summed E-state index contributed by atoms with van der Waals surface area (Å²) in [5.74, 6) is -6.98. The Bertz CT molecular complexity index is 1550. The van der Waals surface area contributed by atoms with Crippen LogP contribution in [0, 0.1) is 49.8 Å². The molecule has 0 bridgehead atoms. The van der Waals surface area contributed by atoms with Gasteiger partial charge >= 0.3 is 0 Å². The molecule has 0 atom stereocenters. The highest BCUT2D eigenvalue weighted by molar-refractivity contribution is 8.35. The summed E-state index contributed by atoms with van der Waals surface area (Å²) in [4.78, 5) is 6.64. The summed E-state index contributed by atoms with van der Waals surface area (Å²) in [6.45, 7) is 4.14. The van der Waals surface area contributed by atoms with E-state index in [0.29, 0.717) is 0 Å². The molecular weight excluding hydrogens is 490 g/mol. The summed E-state index contributed by atoms with van der Waals surface area (Å²) in [6, 6.07) is 8.52. The minimum atomic E-state index is -1.75. The highest BCUT2D eigenvalue weighted by atomic mass is 32.2. The fraction of sp³-hybridized carbons (Fsp3) is 0.0870. The van der Waals surface area contributed by atoms with Gasteiger partial charge in [0.15, 0.2) is 23.3 Å². The number of aromatic nitrogens is 1. The molecule has 0 unspecified atom stereocenters. The maximum Gasteiger partial charge on any atom is 0.171 e. The summed E-state index contributed by atoms with van der Waals surface area (Å²) in [6.07, 6.45) is 1.61. The number of nitrogens with zero attached hydrogens (tertiary/aromatic N) is 2. The van der Waals surface area contributed by atoms with Crippen molar-refractivity contribution in [1.82, 2.24) is 4.98 Å². The average Bonchev–Trinajstić information content (AvgIpc) is 3.43. The number of thioether (sulfide) groups is 2. The van der Waals surface area contributed by atoms with Gasteiger partial charge in [0.25, 0.3) is 0 Å². The number of rotatable bonds is 2. The van der Waals surface area contributed by atoms with Crippen LogP contribution in [-0.4, -0.2) is 11.2 Å². The number of pyridine rings is 1. The molecule has 1 aliphatic heterocycles. The number of thiophene rings is 1. The molecule has 10 heteroatoms. The Labute approximate surface area is 198 Å². The van der Waals surface area contributed by atoms with Crippen LogP contribution < -0.4 is 9.88 Å². The lowest BCUT2D eigenvalue weighted by molar-refractivity contribution is 0.448. The average molecular weight is 504 g/mol. The third-order valence-corrected chi connectivity index (χ3v) is 8.98. The van der Waals surface area contributed by atoms with Gasteiger partial charge in [-0.1, -0.05) is 23.5 Å². The summed E-state index contributed by atoms with van der Waals surface area (Å²) in [7, 11) is 0. The Hall–Kier alpha value is -2.87. The van der Waals surface area contributed by atoms with Crippen molar-refractivity contribution in [3.8, 4) is 6.07 Å². The minimum absolute atomic E-state index is 0.135. The van der Waals surface area contributed by atoms with Gasteiger partial charge in [0.1, 0.15) is 6.07 Å². The summed E-state index contributed by atoms with van der Waals surface area (Å²) < 4.78 is 60.3. The number of allylic oxidation sites excluding steroid dienone is 2. The first-order valence-electron chi connectivity index (χ1n) is 9.37. The number of hydrogen-bond acceptors (Lipinski definition) is 6. The molecule has 3 aromatic rings. The van der Waals surface area contributed by atoms with Crippen LogP contribution in [0.25, 0.3) is 9.81 Å². The fourth-order valence-corrected chi connectivity index (χ4v) is 6.75. The zero-order chi connectivity index (χ0) is 23.9. The van der Waals surface area contributed by atoms with Crippen molar-refractivity contribution < 1.29 is 17.6 Å². The molecule has 1 N–H and O–H groups in total. The van der Waals surface area contributed by atoms with E-state index in [-0.39, 0.29) is 11.6 Å². The van der Waals surface area contributed by atoms with Crippen molar-refractivity contribution in [3.63, 3.8) is 0 Å². The van der Waals surface area contributed by atoms with E-state index in [1.807, 2.05) is 12.1 Å². The summed E-state index contributed by atoms with van der Waals surface area (Å²) >= 11 is 5.00. The molecule has 0 amide bonds. The van der Waals surface area contributed by atoms with Crippen LogP contribution >= 0.6 is 34.9 Å². The van der Waals surface area contributed by atoms with Crippen LogP contribution in [0.3, 0.4) is 0 Å². The monoisotopic (exact) mass is 503 g/mol. The van der Waals surface area contributed by atoms with E-state index < -0.39 is 40.0 Å². The third-order valence-electron chi connectivity index (χ3n) is 4.90. The quantitative estimate of drug-likeness (QED) is 0.285. The lowest BCUT2D eigenvalue weighted by Crippen LogP contribution is -2.15. The number of halogens is 4. The normalized spacial score (nSPS) is 15.6. The Morgan fingerprint density at radius 2 is 1.55 bits per heavy atom. The van der Waals surface area contributed by atoms with Crippen molar-refractivity contribution in [1.29, 1.82) is 10.7 Å². The van der Waals surface area contributed by atoms with Crippen LogP contribution in [0.15, 0.2) is 40.3 Å². The number of benzene rings is 1. The topological polar surface area (TPSA) is 60.5 Å². The predicted octanol–water partition coefficient (Wildman–Crippen LogP) is 5.50. The molecule has 0 spiro atoms. The molecule has 0 fully saturated rings. The Kier molecular flexibility index (Phi) is 6.47. The zero-order valence-corrected chi connectivity index (χ0v) is 19.5. The lowest BCUT2D eigenvalue weighted by Gasteiger charge is -2.08. The van der Waals surface area contributed by atoms with Gasteiger partial charge in [-0.15, -0.1) is 11.3 Å². The second-order valence-corrected chi connectivity index (χ2v) is 10.7. The zero-order valence-electron chi connectivity index (χ0n) is 17.1. The van der Waals surface area contributed by atoms with Crippen molar-refractivity contribution in [3.05, 3.63) is 94.3 Å². The molecule has 0 radical (unpaired) electrons. The highest BCUT2D eigenvalue weighted by Gasteiger charge is 2.27. The van der Waals surface area contributed by atoms with E-state index in [0.717, 1.165) is 14.3 Å². The summed E-state index contributed by atoms with van der Waals surface area (Å²) in [5.41, 5.74) is -2.95. The van der Waals surface area contributed by atoms with Gasteiger partial charge in [-0.25, -0.2) is 17.6 Å². The van der Waals surface area contributed by atoms with Gasteiger partial charge in [0.05, 0.1) is 26.3 Å². The lowest BCUT2D eigenvalue weighted by atomic mass is 10.0. The molecule has 1 aliphatic rings. The van der Waals surface area contributed by atoms with Crippen LogP contribution in [0.2, 0.25) is 0 Å². The molecule has 4 rings (SSSR count). The molecule has 3 heterocycles. The predicted molar refractivity (Wildman–Crippen MR) is 125 cm³/mol. The van der Waals surface area contributed by atoms with E-state index in [9.17, 15) is 22.8 Å². The molecule has 1 aromatic carbocycles. The second kappa shape index (κ2) is 9.17. The van der Waals surface area contributed by atoms with E-state index >= 15 is 0 Å². The number of hydrogen-bond donors (Lipinski definition) is 1. The van der Waals surface area contributed by atoms with E-state index in [4.69, 9.17) is 5.41 Å². The van der Waals surface area contributed by atoms with Crippen LogP contribution in [0.4, 0.5) is 17.6 Å². The molecule has 33 heavy (non-hydrogen) atoms. The Morgan fingerprint density at radius 3 is 2.06 bits per heavy atom. The molecule has 3 nitrogen and oxygen atoms in total.